The van der Waals surface area contributed by atoms with Gasteiger partial charge in [0.05, 0.1) is 18.9 Å². The van der Waals surface area contributed by atoms with Crippen LogP contribution in [-0.4, -0.2) is 40.3 Å². The summed E-state index contributed by atoms with van der Waals surface area (Å²) < 4.78 is 10.4. The number of allylic oxidation sites excluding steroid dienone is 1. The molecule has 1 aromatic rings. The molecule has 124 valence electrons. The number of rotatable bonds is 4. The summed E-state index contributed by atoms with van der Waals surface area (Å²) in [6.07, 6.45) is 3.27. The topological polar surface area (TPSA) is 106 Å². The predicted molar refractivity (Wildman–Crippen MR) is 82.5 cm³/mol. The molecule has 0 spiro atoms. The Kier molecular flexibility index (Phi) is 4.73. The van der Waals surface area contributed by atoms with Crippen LogP contribution in [0.1, 0.15) is 38.2 Å². The van der Waals surface area contributed by atoms with Gasteiger partial charge in [0.2, 0.25) is 12.2 Å². The van der Waals surface area contributed by atoms with E-state index in [9.17, 15) is 9.90 Å². The minimum absolute atomic E-state index is 0.0577. The molecular formula is C15H19N3O5. The molecule has 1 fully saturated rings. The molecule has 8 heteroatoms. The molecule has 1 unspecified atom stereocenters. The summed E-state index contributed by atoms with van der Waals surface area (Å²) in [4.78, 5) is 24.1. The van der Waals surface area contributed by atoms with Gasteiger partial charge in [-0.05, 0) is 18.1 Å². The minimum atomic E-state index is -1.12. The zero-order valence-corrected chi connectivity index (χ0v) is 12.9. The lowest BCUT2D eigenvalue weighted by atomic mass is 10.0. The molecular weight excluding hydrogens is 302 g/mol. The van der Waals surface area contributed by atoms with Crippen LogP contribution < -0.4 is 15.1 Å². The number of aliphatic hydroxyl groups is 1. The summed E-state index contributed by atoms with van der Waals surface area (Å²) in [5.41, 5.74) is 1.54. The molecule has 3 rings (SSSR count). The predicted octanol–water partition coefficient (Wildman–Crippen LogP) is 1.21. The van der Waals surface area contributed by atoms with Crippen molar-refractivity contribution in [1.29, 1.82) is 0 Å². The van der Waals surface area contributed by atoms with Gasteiger partial charge in [-0.15, -0.1) is 0 Å². The standard InChI is InChI=1S/C15H19N3O5/c1-2-3-9-8-11(19)22-14-12(9)13(20)16-15(17-14)23-18-10-4-6-21-7-5-10/h8,11,19H,2-7H2,1H3,(H,16,17,20). The van der Waals surface area contributed by atoms with Gasteiger partial charge in [0.1, 0.15) is 5.56 Å². The van der Waals surface area contributed by atoms with E-state index in [-0.39, 0.29) is 17.4 Å². The van der Waals surface area contributed by atoms with E-state index in [1.807, 2.05) is 6.92 Å². The van der Waals surface area contributed by atoms with Crippen LogP contribution in [0.25, 0.3) is 5.57 Å². The summed E-state index contributed by atoms with van der Waals surface area (Å²) in [5, 5.41) is 13.7. The first-order valence-electron chi connectivity index (χ1n) is 7.68. The van der Waals surface area contributed by atoms with Crippen molar-refractivity contribution in [2.75, 3.05) is 13.2 Å². The van der Waals surface area contributed by atoms with E-state index in [0.29, 0.717) is 38.0 Å². The van der Waals surface area contributed by atoms with E-state index in [1.54, 1.807) is 0 Å². The van der Waals surface area contributed by atoms with Crippen LogP contribution in [0.3, 0.4) is 0 Å². The maximum atomic E-state index is 12.3. The quantitative estimate of drug-likeness (QED) is 0.807. The van der Waals surface area contributed by atoms with Crippen molar-refractivity contribution in [3.63, 3.8) is 0 Å². The molecule has 0 aliphatic carbocycles. The number of fused-ring (bicyclic) bond motifs is 1. The molecule has 1 aromatic heterocycles. The Morgan fingerprint density at radius 2 is 2.26 bits per heavy atom. The van der Waals surface area contributed by atoms with Crippen LogP contribution in [0.15, 0.2) is 16.0 Å². The lowest BCUT2D eigenvalue weighted by Crippen LogP contribution is -2.25. The van der Waals surface area contributed by atoms with Crippen molar-refractivity contribution in [3.8, 4) is 11.9 Å². The second-order valence-electron chi connectivity index (χ2n) is 5.36. The van der Waals surface area contributed by atoms with Crippen molar-refractivity contribution in [2.24, 2.45) is 5.16 Å². The lowest BCUT2D eigenvalue weighted by molar-refractivity contribution is 0.0177. The lowest BCUT2D eigenvalue weighted by Gasteiger charge is -2.20. The van der Waals surface area contributed by atoms with Crippen molar-refractivity contribution in [2.45, 2.75) is 38.9 Å². The van der Waals surface area contributed by atoms with Gasteiger partial charge in [-0.2, -0.15) is 4.98 Å². The van der Waals surface area contributed by atoms with Crippen molar-refractivity contribution >= 4 is 11.3 Å². The Balaban J connectivity index is 1.85. The van der Waals surface area contributed by atoms with Gasteiger partial charge in [0, 0.05) is 12.8 Å². The van der Waals surface area contributed by atoms with Gasteiger partial charge >= 0.3 is 6.01 Å². The molecule has 2 aliphatic heterocycles. The zero-order valence-electron chi connectivity index (χ0n) is 12.9. The SMILES string of the molecule is CCCC1=CC(O)Oc2nc(ON=C3CCOCC3)[nH]c(=O)c21. The van der Waals surface area contributed by atoms with E-state index in [2.05, 4.69) is 15.1 Å². The third-order valence-electron chi connectivity index (χ3n) is 3.61. The van der Waals surface area contributed by atoms with E-state index >= 15 is 0 Å². The number of oxime groups is 1. The number of nitrogens with one attached hydrogen (secondary N) is 1. The Morgan fingerprint density at radius 3 is 3.00 bits per heavy atom. The van der Waals surface area contributed by atoms with Gasteiger partial charge in [0.25, 0.3) is 5.56 Å². The molecule has 0 bridgehead atoms. The Morgan fingerprint density at radius 1 is 1.48 bits per heavy atom. The van der Waals surface area contributed by atoms with Crippen LogP contribution in [-0.2, 0) is 4.74 Å². The number of nitrogens with zero attached hydrogens (tertiary/aromatic N) is 2. The van der Waals surface area contributed by atoms with Crippen LogP contribution in [0.2, 0.25) is 0 Å². The maximum absolute atomic E-state index is 12.3. The van der Waals surface area contributed by atoms with Crippen LogP contribution in [0.4, 0.5) is 0 Å². The maximum Gasteiger partial charge on any atom is 0.329 e. The normalized spacial score (nSPS) is 20.3. The molecule has 8 nitrogen and oxygen atoms in total. The minimum Gasteiger partial charge on any atom is -0.443 e. The number of aromatic nitrogens is 2. The molecule has 2 aliphatic rings. The first-order valence-corrected chi connectivity index (χ1v) is 7.68. The number of aromatic amines is 1. The van der Waals surface area contributed by atoms with E-state index < -0.39 is 6.29 Å². The van der Waals surface area contributed by atoms with Gasteiger partial charge < -0.3 is 19.4 Å². The molecule has 0 aromatic carbocycles. The second kappa shape index (κ2) is 6.93. The molecule has 1 saturated heterocycles. The number of aliphatic hydroxyl groups excluding tert-OH is 1. The van der Waals surface area contributed by atoms with E-state index in [0.717, 1.165) is 17.7 Å². The molecule has 3 heterocycles. The van der Waals surface area contributed by atoms with Crippen LogP contribution >= 0.6 is 0 Å². The summed E-state index contributed by atoms with van der Waals surface area (Å²) >= 11 is 0. The highest BCUT2D eigenvalue weighted by Gasteiger charge is 2.24. The highest BCUT2D eigenvalue weighted by Crippen LogP contribution is 2.30. The van der Waals surface area contributed by atoms with Gasteiger partial charge in [-0.25, -0.2) is 0 Å². The van der Waals surface area contributed by atoms with Crippen LogP contribution in [0.5, 0.6) is 11.9 Å². The highest BCUT2D eigenvalue weighted by molar-refractivity contribution is 5.84. The molecule has 0 saturated carbocycles. The monoisotopic (exact) mass is 321 g/mol. The zero-order chi connectivity index (χ0) is 16.2. The third kappa shape index (κ3) is 3.59. The van der Waals surface area contributed by atoms with Gasteiger partial charge in [-0.3, -0.25) is 9.78 Å². The Labute approximate surface area is 132 Å². The number of H-pyrrole nitrogens is 1. The van der Waals surface area contributed by atoms with Gasteiger partial charge in [-0.1, -0.05) is 18.5 Å². The summed E-state index contributed by atoms with van der Waals surface area (Å²) in [5.74, 6) is 0.0642. The largest absolute Gasteiger partial charge is 0.443 e. The average molecular weight is 321 g/mol. The third-order valence-corrected chi connectivity index (χ3v) is 3.61. The van der Waals surface area contributed by atoms with Crippen molar-refractivity contribution in [1.82, 2.24) is 9.97 Å². The highest BCUT2D eigenvalue weighted by atomic mass is 16.6. The van der Waals surface area contributed by atoms with Crippen molar-refractivity contribution in [3.05, 3.63) is 22.0 Å². The van der Waals surface area contributed by atoms with E-state index in [4.69, 9.17) is 14.3 Å². The van der Waals surface area contributed by atoms with E-state index in [1.165, 1.54) is 6.08 Å². The fourth-order valence-corrected chi connectivity index (χ4v) is 2.53. The molecule has 23 heavy (non-hydrogen) atoms. The second-order valence-corrected chi connectivity index (χ2v) is 5.36. The fourth-order valence-electron chi connectivity index (χ4n) is 2.53. The Hall–Kier alpha value is -2.19. The first-order chi connectivity index (χ1) is 11.2. The summed E-state index contributed by atoms with van der Waals surface area (Å²) in [6, 6.07) is -0.0577. The smallest absolute Gasteiger partial charge is 0.329 e. The Bertz CT molecular complexity index is 687. The number of ether oxygens (including phenoxy) is 2. The summed E-state index contributed by atoms with van der Waals surface area (Å²) in [6.45, 7) is 3.21. The number of hydrogen-bond donors (Lipinski definition) is 2. The molecule has 0 amide bonds. The van der Waals surface area contributed by atoms with Crippen LogP contribution in [0, 0.1) is 0 Å². The fraction of sp³-hybridized carbons (Fsp3) is 0.533. The number of hydrogen-bond acceptors (Lipinski definition) is 7. The first kappa shape index (κ1) is 15.7. The molecule has 0 radical (unpaired) electrons. The summed E-state index contributed by atoms with van der Waals surface area (Å²) in [7, 11) is 0. The van der Waals surface area contributed by atoms with Gasteiger partial charge in [0.15, 0.2) is 0 Å². The average Bonchev–Trinajstić information content (AvgIpc) is 2.53. The van der Waals surface area contributed by atoms with Crippen molar-refractivity contribution < 1.29 is 19.4 Å². The molecule has 1 atom stereocenters. The molecule has 2 N–H and O–H groups in total.